The molecule has 1 aromatic heterocycles. The summed E-state index contributed by atoms with van der Waals surface area (Å²) in [5.41, 5.74) is 0.159. The van der Waals surface area contributed by atoms with Gasteiger partial charge in [-0.1, -0.05) is 18.5 Å². The lowest BCUT2D eigenvalue weighted by Gasteiger charge is -2.34. The highest BCUT2D eigenvalue weighted by atomic mass is 35.5. The number of rotatable bonds is 3. The molecule has 94 valence electrons. The number of nitrogens with one attached hydrogen (secondary N) is 2. The van der Waals surface area contributed by atoms with Crippen molar-refractivity contribution in [2.75, 3.05) is 25.0 Å². The highest BCUT2D eigenvalue weighted by molar-refractivity contribution is 6.30. The van der Waals surface area contributed by atoms with Gasteiger partial charge in [0.1, 0.15) is 0 Å². The minimum atomic E-state index is -0.398. The number of aromatic nitrogens is 1. The Morgan fingerprint density at radius 3 is 3.12 bits per heavy atom. The fourth-order valence-electron chi connectivity index (χ4n) is 2.11. The number of hydrogen-bond acceptors (Lipinski definition) is 3. The number of nitrogens with zero attached hydrogens (tertiary/aromatic N) is 1. The van der Waals surface area contributed by atoms with E-state index in [1.807, 2.05) is 0 Å². The summed E-state index contributed by atoms with van der Waals surface area (Å²) < 4.78 is 13.5. The molecular formula is C12H17ClFN3. The molecule has 2 rings (SSSR count). The van der Waals surface area contributed by atoms with E-state index >= 15 is 0 Å². The molecule has 2 heterocycles. The van der Waals surface area contributed by atoms with Crippen molar-refractivity contribution in [3.05, 3.63) is 23.1 Å². The molecule has 0 amide bonds. The summed E-state index contributed by atoms with van der Waals surface area (Å²) in [4.78, 5) is 3.95. The van der Waals surface area contributed by atoms with Crippen LogP contribution in [0.15, 0.2) is 12.3 Å². The molecule has 0 radical (unpaired) electrons. The van der Waals surface area contributed by atoms with Crippen LogP contribution in [-0.4, -0.2) is 24.6 Å². The first-order valence-corrected chi connectivity index (χ1v) is 6.23. The molecule has 1 aliphatic rings. The number of hydrogen-bond donors (Lipinski definition) is 2. The van der Waals surface area contributed by atoms with E-state index in [0.29, 0.717) is 11.6 Å². The molecule has 1 atom stereocenters. The zero-order valence-electron chi connectivity index (χ0n) is 9.89. The standard InChI is InChI=1S/C12H17ClFN3/c1-12(3-2-4-15-7-12)8-17-11-10(14)5-9(13)6-16-11/h5-6,15H,2-4,7-8H2,1H3,(H,16,17). The van der Waals surface area contributed by atoms with Crippen LogP contribution in [0.2, 0.25) is 5.02 Å². The summed E-state index contributed by atoms with van der Waals surface area (Å²) in [5.74, 6) is -0.119. The molecule has 0 bridgehead atoms. The second-order valence-electron chi connectivity index (χ2n) is 4.93. The predicted octanol–water partition coefficient (Wildman–Crippen LogP) is 2.68. The van der Waals surface area contributed by atoms with Gasteiger partial charge in [0, 0.05) is 19.3 Å². The zero-order chi connectivity index (χ0) is 12.3. The van der Waals surface area contributed by atoms with E-state index in [2.05, 4.69) is 22.5 Å². The summed E-state index contributed by atoms with van der Waals surface area (Å²) in [7, 11) is 0. The van der Waals surface area contributed by atoms with Gasteiger partial charge in [0.2, 0.25) is 0 Å². The first-order chi connectivity index (χ1) is 8.09. The molecule has 0 aromatic carbocycles. The van der Waals surface area contributed by atoms with Gasteiger partial charge in [-0.3, -0.25) is 0 Å². The summed E-state index contributed by atoms with van der Waals surface area (Å²) in [6.45, 7) is 4.93. The van der Waals surface area contributed by atoms with Gasteiger partial charge in [-0.05, 0) is 30.9 Å². The summed E-state index contributed by atoms with van der Waals surface area (Å²) in [6.07, 6.45) is 3.76. The van der Waals surface area contributed by atoms with Crippen LogP contribution >= 0.6 is 11.6 Å². The second kappa shape index (κ2) is 5.19. The van der Waals surface area contributed by atoms with Gasteiger partial charge in [0.15, 0.2) is 11.6 Å². The maximum absolute atomic E-state index is 13.5. The molecule has 2 N–H and O–H groups in total. The second-order valence-corrected chi connectivity index (χ2v) is 5.36. The average molecular weight is 258 g/mol. The third kappa shape index (κ3) is 3.30. The lowest BCUT2D eigenvalue weighted by Crippen LogP contribution is -2.42. The Bertz CT molecular complexity index is 391. The van der Waals surface area contributed by atoms with E-state index in [-0.39, 0.29) is 11.2 Å². The third-order valence-electron chi connectivity index (χ3n) is 3.18. The van der Waals surface area contributed by atoms with Gasteiger partial charge >= 0.3 is 0 Å². The molecule has 1 fully saturated rings. The number of pyridine rings is 1. The Hall–Kier alpha value is -0.870. The predicted molar refractivity (Wildman–Crippen MR) is 67.9 cm³/mol. The van der Waals surface area contributed by atoms with E-state index in [9.17, 15) is 4.39 Å². The van der Waals surface area contributed by atoms with Gasteiger partial charge < -0.3 is 10.6 Å². The normalized spacial score (nSPS) is 24.6. The van der Waals surface area contributed by atoms with Crippen LogP contribution in [0.4, 0.5) is 10.2 Å². The van der Waals surface area contributed by atoms with Gasteiger partial charge in [0.05, 0.1) is 5.02 Å². The average Bonchev–Trinajstić information content (AvgIpc) is 2.29. The van der Waals surface area contributed by atoms with Crippen molar-refractivity contribution in [3.63, 3.8) is 0 Å². The molecule has 0 saturated carbocycles. The lowest BCUT2D eigenvalue weighted by molar-refractivity contribution is 0.253. The van der Waals surface area contributed by atoms with E-state index in [4.69, 9.17) is 11.6 Å². The Kier molecular flexibility index (Phi) is 3.84. The lowest BCUT2D eigenvalue weighted by atomic mass is 9.83. The van der Waals surface area contributed by atoms with E-state index in [1.165, 1.54) is 12.3 Å². The summed E-state index contributed by atoms with van der Waals surface area (Å²) in [5, 5.41) is 6.74. The van der Waals surface area contributed by atoms with Crippen LogP contribution in [0.25, 0.3) is 0 Å². The SMILES string of the molecule is CC1(CNc2ncc(Cl)cc2F)CCCNC1. The quantitative estimate of drug-likeness (QED) is 0.874. The first kappa shape index (κ1) is 12.6. The van der Waals surface area contributed by atoms with Crippen LogP contribution in [-0.2, 0) is 0 Å². The van der Waals surface area contributed by atoms with Crippen molar-refractivity contribution < 1.29 is 4.39 Å². The highest BCUT2D eigenvalue weighted by Crippen LogP contribution is 2.26. The van der Waals surface area contributed by atoms with E-state index in [0.717, 1.165) is 25.9 Å². The largest absolute Gasteiger partial charge is 0.367 e. The van der Waals surface area contributed by atoms with Crippen molar-refractivity contribution in [2.45, 2.75) is 19.8 Å². The Morgan fingerprint density at radius 1 is 1.65 bits per heavy atom. The van der Waals surface area contributed by atoms with Gasteiger partial charge in [-0.25, -0.2) is 9.37 Å². The maximum Gasteiger partial charge on any atom is 0.166 e. The zero-order valence-corrected chi connectivity index (χ0v) is 10.6. The maximum atomic E-state index is 13.5. The highest BCUT2D eigenvalue weighted by Gasteiger charge is 2.26. The van der Waals surface area contributed by atoms with Crippen molar-refractivity contribution in [1.82, 2.24) is 10.3 Å². The van der Waals surface area contributed by atoms with Gasteiger partial charge in [-0.15, -0.1) is 0 Å². The van der Waals surface area contributed by atoms with Gasteiger partial charge in [0.25, 0.3) is 0 Å². The number of halogens is 2. The fraction of sp³-hybridized carbons (Fsp3) is 0.583. The Morgan fingerprint density at radius 2 is 2.47 bits per heavy atom. The summed E-state index contributed by atoms with van der Waals surface area (Å²) >= 11 is 5.65. The van der Waals surface area contributed by atoms with Gasteiger partial charge in [-0.2, -0.15) is 0 Å². The molecule has 1 saturated heterocycles. The minimum Gasteiger partial charge on any atom is -0.367 e. The van der Waals surface area contributed by atoms with E-state index in [1.54, 1.807) is 0 Å². The third-order valence-corrected chi connectivity index (χ3v) is 3.38. The minimum absolute atomic E-state index is 0.159. The van der Waals surface area contributed by atoms with Crippen LogP contribution < -0.4 is 10.6 Å². The molecule has 5 heteroatoms. The molecule has 3 nitrogen and oxygen atoms in total. The fourth-order valence-corrected chi connectivity index (χ4v) is 2.26. The molecule has 1 aliphatic heterocycles. The van der Waals surface area contributed by atoms with Crippen molar-refractivity contribution >= 4 is 17.4 Å². The molecular weight excluding hydrogens is 241 g/mol. The Balaban J connectivity index is 1.97. The molecule has 0 aliphatic carbocycles. The van der Waals surface area contributed by atoms with Crippen LogP contribution in [0.3, 0.4) is 0 Å². The topological polar surface area (TPSA) is 37.0 Å². The van der Waals surface area contributed by atoms with Crippen LogP contribution in [0.5, 0.6) is 0 Å². The molecule has 1 unspecified atom stereocenters. The Labute approximate surface area is 106 Å². The number of piperidine rings is 1. The van der Waals surface area contributed by atoms with E-state index < -0.39 is 5.82 Å². The molecule has 0 spiro atoms. The molecule has 1 aromatic rings. The first-order valence-electron chi connectivity index (χ1n) is 5.85. The van der Waals surface area contributed by atoms with Crippen LogP contribution in [0, 0.1) is 11.2 Å². The van der Waals surface area contributed by atoms with Crippen molar-refractivity contribution in [1.29, 1.82) is 0 Å². The van der Waals surface area contributed by atoms with Crippen molar-refractivity contribution in [3.8, 4) is 0 Å². The van der Waals surface area contributed by atoms with Crippen LogP contribution in [0.1, 0.15) is 19.8 Å². The van der Waals surface area contributed by atoms with Crippen molar-refractivity contribution in [2.24, 2.45) is 5.41 Å². The smallest absolute Gasteiger partial charge is 0.166 e. The number of anilines is 1. The molecule has 17 heavy (non-hydrogen) atoms. The summed E-state index contributed by atoms with van der Waals surface area (Å²) in [6, 6.07) is 1.28. The monoisotopic (exact) mass is 257 g/mol.